The van der Waals surface area contributed by atoms with Crippen molar-refractivity contribution in [2.24, 2.45) is 0 Å². The van der Waals surface area contributed by atoms with Crippen molar-refractivity contribution in [3.05, 3.63) is 59.2 Å². The molecule has 3 rings (SSSR count). The second-order valence-electron chi connectivity index (χ2n) is 4.34. The Morgan fingerprint density at radius 1 is 1.14 bits per heavy atom. The third-order valence-corrected chi connectivity index (χ3v) is 3.99. The maximum atomic E-state index is 12.0. The van der Waals surface area contributed by atoms with Crippen LogP contribution in [0.4, 0.5) is 5.69 Å². The highest BCUT2D eigenvalue weighted by Crippen LogP contribution is 2.28. The molecule has 0 atom stereocenters. The molecule has 3 aromatic rings. The molecule has 0 unspecified atom stereocenters. The first-order chi connectivity index (χ1) is 10.1. The van der Waals surface area contributed by atoms with E-state index in [1.165, 1.54) is 11.3 Å². The highest BCUT2D eigenvalue weighted by atomic mass is 35.5. The average molecular weight is 335 g/mol. The molecule has 0 bridgehead atoms. The quantitative estimate of drug-likeness (QED) is 0.766. The molecule has 1 aromatic carbocycles. The van der Waals surface area contributed by atoms with Crippen LogP contribution in [-0.4, -0.2) is 22.0 Å². The third-order valence-electron chi connectivity index (χ3n) is 2.88. The molecule has 0 radical (unpaired) electrons. The fourth-order valence-corrected chi connectivity index (χ4v) is 2.80. The summed E-state index contributed by atoms with van der Waals surface area (Å²) in [5.41, 5.74) is 0.932. The van der Waals surface area contributed by atoms with Gasteiger partial charge in [0, 0.05) is 16.6 Å². The molecule has 0 aliphatic rings. The third kappa shape index (κ3) is 3.24. The van der Waals surface area contributed by atoms with Crippen molar-refractivity contribution in [2.75, 3.05) is 5.32 Å². The number of aromatic nitrogens is 1. The monoisotopic (exact) mass is 334 g/mol. The summed E-state index contributed by atoms with van der Waals surface area (Å²) < 4.78 is 0.864. The predicted molar refractivity (Wildman–Crippen MR) is 88.2 cm³/mol. The lowest BCUT2D eigenvalue weighted by atomic mass is 10.2. The molecule has 1 amide bonds. The fraction of sp³-hybridized carbons (Fsp3) is 0. The maximum absolute atomic E-state index is 12.0. The summed E-state index contributed by atoms with van der Waals surface area (Å²) in [6.45, 7) is 0. The first-order valence-electron chi connectivity index (χ1n) is 6.13. The summed E-state index contributed by atoms with van der Waals surface area (Å²) in [6.07, 6.45) is 1.55. The number of carbonyl (C=O) groups excluding carboxylic acids is 1. The van der Waals surface area contributed by atoms with Gasteiger partial charge in [0.1, 0.15) is 10.6 Å². The van der Waals surface area contributed by atoms with E-state index < -0.39 is 5.97 Å². The zero-order valence-electron chi connectivity index (χ0n) is 11.1. The number of thiophene rings is 1. The number of halogens is 1. The highest BCUT2D eigenvalue weighted by Gasteiger charge is 2.10. The van der Waals surface area contributed by atoms with Gasteiger partial charge in [-0.2, -0.15) is 0 Å². The minimum absolute atomic E-state index is 0. The van der Waals surface area contributed by atoms with E-state index in [0.717, 1.165) is 10.1 Å². The molecule has 2 N–H and O–H groups in total. The van der Waals surface area contributed by atoms with Crippen LogP contribution in [0.15, 0.2) is 48.7 Å². The number of hydrogen-bond donors (Lipinski definition) is 2. The van der Waals surface area contributed by atoms with Gasteiger partial charge in [-0.15, -0.1) is 23.7 Å². The van der Waals surface area contributed by atoms with Crippen LogP contribution in [-0.2, 0) is 0 Å². The van der Waals surface area contributed by atoms with Crippen molar-refractivity contribution in [3.8, 4) is 0 Å². The maximum Gasteiger partial charge on any atom is 0.345 e. The van der Waals surface area contributed by atoms with Crippen LogP contribution in [0.25, 0.3) is 10.1 Å². The highest BCUT2D eigenvalue weighted by molar-refractivity contribution is 7.20. The summed E-state index contributed by atoms with van der Waals surface area (Å²) in [6, 6.07) is 12.0. The van der Waals surface area contributed by atoms with Gasteiger partial charge in [0.05, 0.1) is 0 Å². The molecular weight excluding hydrogens is 324 g/mol. The summed E-state index contributed by atoms with van der Waals surface area (Å²) in [5, 5.41) is 12.5. The van der Waals surface area contributed by atoms with Gasteiger partial charge in [-0.1, -0.05) is 6.07 Å². The molecular formula is C15H11ClN2O3S. The number of pyridine rings is 1. The zero-order valence-corrected chi connectivity index (χ0v) is 12.8. The average Bonchev–Trinajstić information content (AvgIpc) is 2.91. The van der Waals surface area contributed by atoms with E-state index in [9.17, 15) is 9.59 Å². The van der Waals surface area contributed by atoms with E-state index >= 15 is 0 Å². The Morgan fingerprint density at radius 2 is 1.95 bits per heavy atom. The lowest BCUT2D eigenvalue weighted by Gasteiger charge is -2.04. The van der Waals surface area contributed by atoms with Crippen molar-refractivity contribution in [1.82, 2.24) is 4.98 Å². The molecule has 0 aliphatic carbocycles. The van der Waals surface area contributed by atoms with Gasteiger partial charge < -0.3 is 10.4 Å². The van der Waals surface area contributed by atoms with Crippen LogP contribution in [0.2, 0.25) is 0 Å². The number of nitrogens with one attached hydrogen (secondary N) is 1. The Balaban J connectivity index is 0.00000176. The first kappa shape index (κ1) is 15.9. The standard InChI is InChI=1S/C15H10N2O3S.ClH/c18-14(11-3-1-2-6-16-11)17-10-4-5-12-9(7-10)8-13(21-12)15(19)20;/h1-8H,(H,17,18)(H,19,20);1H. The molecule has 2 heterocycles. The van der Waals surface area contributed by atoms with Crippen molar-refractivity contribution >= 4 is 51.4 Å². The number of anilines is 1. The molecule has 2 aromatic heterocycles. The number of hydrogen-bond acceptors (Lipinski definition) is 4. The molecule has 0 aliphatic heterocycles. The smallest absolute Gasteiger partial charge is 0.345 e. The fourth-order valence-electron chi connectivity index (χ4n) is 1.92. The number of aromatic carboxylic acids is 1. The summed E-state index contributed by atoms with van der Waals surface area (Å²) >= 11 is 1.20. The van der Waals surface area contributed by atoms with Gasteiger partial charge in [-0.25, -0.2) is 4.79 Å². The van der Waals surface area contributed by atoms with Crippen molar-refractivity contribution in [1.29, 1.82) is 0 Å². The number of carboxylic acids is 1. The number of fused-ring (bicyclic) bond motifs is 1. The topological polar surface area (TPSA) is 79.3 Å². The van der Waals surface area contributed by atoms with Gasteiger partial charge in [-0.05, 0) is 41.8 Å². The number of benzene rings is 1. The Morgan fingerprint density at radius 3 is 2.64 bits per heavy atom. The van der Waals surface area contributed by atoms with Crippen LogP contribution in [0.1, 0.15) is 20.2 Å². The van der Waals surface area contributed by atoms with Crippen LogP contribution in [0.3, 0.4) is 0 Å². The molecule has 112 valence electrons. The van der Waals surface area contributed by atoms with E-state index in [1.807, 2.05) is 0 Å². The Labute approximate surface area is 136 Å². The Bertz CT molecular complexity index is 833. The van der Waals surface area contributed by atoms with Crippen molar-refractivity contribution in [2.45, 2.75) is 0 Å². The van der Waals surface area contributed by atoms with Crippen molar-refractivity contribution < 1.29 is 14.7 Å². The number of nitrogens with zero attached hydrogens (tertiary/aromatic N) is 1. The summed E-state index contributed by atoms with van der Waals surface area (Å²) in [7, 11) is 0. The van der Waals surface area contributed by atoms with E-state index in [4.69, 9.17) is 5.11 Å². The van der Waals surface area contributed by atoms with Crippen LogP contribution >= 0.6 is 23.7 Å². The molecule has 0 spiro atoms. The molecule has 5 nitrogen and oxygen atoms in total. The molecule has 22 heavy (non-hydrogen) atoms. The second kappa shape index (κ2) is 6.55. The van der Waals surface area contributed by atoms with E-state index in [2.05, 4.69) is 10.3 Å². The number of amides is 1. The molecule has 0 saturated carbocycles. The Kier molecular flexibility index (Phi) is 4.75. The van der Waals surface area contributed by atoms with Gasteiger partial charge in [0.2, 0.25) is 0 Å². The number of rotatable bonds is 3. The minimum atomic E-state index is -0.949. The normalized spacial score (nSPS) is 10.0. The molecule has 7 heteroatoms. The lowest BCUT2D eigenvalue weighted by Crippen LogP contribution is -2.13. The summed E-state index contributed by atoms with van der Waals surface area (Å²) in [4.78, 5) is 27.2. The van der Waals surface area contributed by atoms with Gasteiger partial charge >= 0.3 is 5.97 Å². The summed E-state index contributed by atoms with van der Waals surface area (Å²) in [5.74, 6) is -1.25. The van der Waals surface area contributed by atoms with E-state index in [1.54, 1.807) is 48.7 Å². The van der Waals surface area contributed by atoms with E-state index in [-0.39, 0.29) is 23.2 Å². The SMILES string of the molecule is Cl.O=C(Nc1ccc2sc(C(=O)O)cc2c1)c1ccccn1. The largest absolute Gasteiger partial charge is 0.477 e. The van der Waals surface area contributed by atoms with E-state index in [0.29, 0.717) is 11.4 Å². The van der Waals surface area contributed by atoms with Gasteiger partial charge in [-0.3, -0.25) is 9.78 Å². The molecule has 0 saturated heterocycles. The lowest BCUT2D eigenvalue weighted by molar-refractivity contribution is 0.0702. The minimum Gasteiger partial charge on any atom is -0.477 e. The first-order valence-corrected chi connectivity index (χ1v) is 6.94. The van der Waals surface area contributed by atoms with Crippen LogP contribution < -0.4 is 5.32 Å². The van der Waals surface area contributed by atoms with Crippen LogP contribution in [0, 0.1) is 0 Å². The number of carbonyl (C=O) groups is 2. The second-order valence-corrected chi connectivity index (χ2v) is 5.42. The van der Waals surface area contributed by atoms with Gasteiger partial charge in [0.15, 0.2) is 0 Å². The zero-order chi connectivity index (χ0) is 14.8. The molecule has 0 fully saturated rings. The predicted octanol–water partition coefficient (Wildman–Crippen LogP) is 3.67. The van der Waals surface area contributed by atoms with Crippen molar-refractivity contribution in [3.63, 3.8) is 0 Å². The number of carboxylic acid groups (broad SMARTS) is 1. The van der Waals surface area contributed by atoms with Gasteiger partial charge in [0.25, 0.3) is 5.91 Å². The van der Waals surface area contributed by atoms with Crippen LogP contribution in [0.5, 0.6) is 0 Å². The Hall–Kier alpha value is -2.44.